The second-order valence-electron chi connectivity index (χ2n) is 3.94. The van der Waals surface area contributed by atoms with Gasteiger partial charge in [-0.25, -0.2) is 10.8 Å². The van der Waals surface area contributed by atoms with Crippen LogP contribution in [0.2, 0.25) is 0 Å². The van der Waals surface area contributed by atoms with Crippen LogP contribution >= 0.6 is 0 Å². The highest BCUT2D eigenvalue weighted by Crippen LogP contribution is 1.91. The summed E-state index contributed by atoms with van der Waals surface area (Å²) >= 11 is 0. The van der Waals surface area contributed by atoms with Crippen LogP contribution in [0.3, 0.4) is 0 Å². The number of aromatic amines is 1. The molecule has 0 amide bonds. The van der Waals surface area contributed by atoms with Gasteiger partial charge in [0.05, 0.1) is 0 Å². The molecule has 0 spiro atoms. The summed E-state index contributed by atoms with van der Waals surface area (Å²) in [4.78, 5) is 11.5. The van der Waals surface area contributed by atoms with Crippen LogP contribution in [0.5, 0.6) is 0 Å². The molecule has 90 valence electrons. The predicted octanol–water partition coefficient (Wildman–Crippen LogP) is 0.0171. The molecule has 0 radical (unpaired) electrons. The number of hydrogen-bond acceptors (Lipinski definition) is 3. The van der Waals surface area contributed by atoms with Crippen molar-refractivity contribution >= 4 is 5.96 Å². The Bertz CT molecular complexity index is 303. The molecule has 0 atom stereocenters. The van der Waals surface area contributed by atoms with Crippen LogP contribution in [0.15, 0.2) is 17.4 Å². The standard InChI is InChI=1S/C10H20N6/c1-8(2)7-15-10(16-11)14-4-3-9-12-5-6-13-9/h5-6,8H,3-4,7,11H2,1-2H3,(H,12,13)(H2,14,15,16). The number of nitrogens with one attached hydrogen (secondary N) is 3. The third-order valence-electron chi connectivity index (χ3n) is 1.96. The van der Waals surface area contributed by atoms with Gasteiger partial charge in [-0.15, -0.1) is 0 Å². The third kappa shape index (κ3) is 4.79. The number of H-pyrrole nitrogens is 1. The number of hydrazine groups is 1. The van der Waals surface area contributed by atoms with Gasteiger partial charge in [0.25, 0.3) is 0 Å². The fourth-order valence-corrected chi connectivity index (χ4v) is 1.16. The number of guanidine groups is 1. The van der Waals surface area contributed by atoms with Gasteiger partial charge < -0.3 is 10.3 Å². The summed E-state index contributed by atoms with van der Waals surface area (Å²) in [6.07, 6.45) is 4.37. The zero-order chi connectivity index (χ0) is 11.8. The number of hydrogen-bond donors (Lipinski definition) is 4. The minimum Gasteiger partial charge on any atom is -0.355 e. The topological polar surface area (TPSA) is 91.1 Å². The first kappa shape index (κ1) is 12.5. The highest BCUT2D eigenvalue weighted by Gasteiger charge is 1.98. The summed E-state index contributed by atoms with van der Waals surface area (Å²) in [5.41, 5.74) is 2.55. The first-order valence-electron chi connectivity index (χ1n) is 5.45. The maximum Gasteiger partial charge on any atom is 0.205 e. The molecular formula is C10H20N6. The van der Waals surface area contributed by atoms with Gasteiger partial charge in [0.2, 0.25) is 5.96 Å². The van der Waals surface area contributed by atoms with E-state index in [9.17, 15) is 0 Å². The SMILES string of the molecule is CC(C)CN=C(NN)NCCc1ncc[nH]1. The lowest BCUT2D eigenvalue weighted by Crippen LogP contribution is -2.42. The van der Waals surface area contributed by atoms with Gasteiger partial charge in [0.15, 0.2) is 0 Å². The molecule has 1 rings (SSSR count). The van der Waals surface area contributed by atoms with Crippen LogP contribution in [0.25, 0.3) is 0 Å². The lowest BCUT2D eigenvalue weighted by atomic mass is 10.2. The smallest absolute Gasteiger partial charge is 0.205 e. The highest BCUT2D eigenvalue weighted by atomic mass is 15.3. The average molecular weight is 224 g/mol. The van der Waals surface area contributed by atoms with Gasteiger partial charge >= 0.3 is 0 Å². The molecule has 0 aliphatic rings. The van der Waals surface area contributed by atoms with E-state index >= 15 is 0 Å². The van der Waals surface area contributed by atoms with Crippen molar-refractivity contribution in [1.82, 2.24) is 20.7 Å². The van der Waals surface area contributed by atoms with Crippen LogP contribution in [-0.2, 0) is 6.42 Å². The second kappa shape index (κ2) is 6.84. The van der Waals surface area contributed by atoms with E-state index in [2.05, 4.69) is 39.6 Å². The van der Waals surface area contributed by atoms with Crippen molar-refractivity contribution in [2.24, 2.45) is 16.8 Å². The molecule has 5 N–H and O–H groups in total. The lowest BCUT2D eigenvalue weighted by Gasteiger charge is -2.09. The summed E-state index contributed by atoms with van der Waals surface area (Å²) < 4.78 is 0. The van der Waals surface area contributed by atoms with Crippen LogP contribution in [-0.4, -0.2) is 29.0 Å². The van der Waals surface area contributed by atoms with Crippen LogP contribution in [0, 0.1) is 5.92 Å². The number of imidazole rings is 1. The number of nitrogens with zero attached hydrogens (tertiary/aromatic N) is 2. The lowest BCUT2D eigenvalue weighted by molar-refractivity contribution is 0.656. The molecule has 0 aliphatic heterocycles. The Balaban J connectivity index is 2.26. The van der Waals surface area contributed by atoms with E-state index in [-0.39, 0.29) is 0 Å². The van der Waals surface area contributed by atoms with E-state index < -0.39 is 0 Å². The molecule has 16 heavy (non-hydrogen) atoms. The van der Waals surface area contributed by atoms with Crippen molar-refractivity contribution < 1.29 is 0 Å². The molecule has 1 aromatic heterocycles. The summed E-state index contributed by atoms with van der Waals surface area (Å²) in [6.45, 7) is 5.73. The van der Waals surface area contributed by atoms with Crippen molar-refractivity contribution in [2.45, 2.75) is 20.3 Å². The van der Waals surface area contributed by atoms with Crippen LogP contribution < -0.4 is 16.6 Å². The molecule has 0 aliphatic carbocycles. The number of nitrogens with two attached hydrogens (primary N) is 1. The van der Waals surface area contributed by atoms with Gasteiger partial charge in [-0.2, -0.15) is 0 Å². The minimum absolute atomic E-state index is 0.523. The van der Waals surface area contributed by atoms with Crippen LogP contribution in [0.1, 0.15) is 19.7 Å². The molecule has 0 saturated carbocycles. The van der Waals surface area contributed by atoms with Gasteiger partial charge in [-0.1, -0.05) is 13.8 Å². The van der Waals surface area contributed by atoms with Crippen molar-refractivity contribution in [3.63, 3.8) is 0 Å². The van der Waals surface area contributed by atoms with Gasteiger partial charge in [0.1, 0.15) is 5.82 Å². The Morgan fingerprint density at radius 1 is 1.62 bits per heavy atom. The normalized spacial score (nSPS) is 11.9. The van der Waals surface area contributed by atoms with E-state index in [1.807, 2.05) is 6.20 Å². The fourth-order valence-electron chi connectivity index (χ4n) is 1.16. The molecule has 0 fully saturated rings. The predicted molar refractivity (Wildman–Crippen MR) is 64.8 cm³/mol. The fraction of sp³-hybridized carbons (Fsp3) is 0.600. The Labute approximate surface area is 95.7 Å². The molecular weight excluding hydrogens is 204 g/mol. The summed E-state index contributed by atoms with van der Waals surface area (Å²) in [6, 6.07) is 0. The molecule has 6 nitrogen and oxygen atoms in total. The molecule has 1 aromatic rings. The van der Waals surface area contributed by atoms with Gasteiger partial charge in [0, 0.05) is 31.9 Å². The maximum atomic E-state index is 5.35. The summed E-state index contributed by atoms with van der Waals surface area (Å²) in [5.74, 6) is 7.45. The van der Waals surface area contributed by atoms with Gasteiger partial charge in [-0.3, -0.25) is 10.4 Å². The first-order chi connectivity index (χ1) is 7.72. The van der Waals surface area contributed by atoms with E-state index in [1.165, 1.54) is 0 Å². The zero-order valence-electron chi connectivity index (χ0n) is 9.83. The van der Waals surface area contributed by atoms with Gasteiger partial charge in [-0.05, 0) is 5.92 Å². The summed E-state index contributed by atoms with van der Waals surface area (Å²) in [5, 5.41) is 3.12. The minimum atomic E-state index is 0.523. The Hall–Kier alpha value is -1.56. The van der Waals surface area contributed by atoms with Crippen molar-refractivity contribution in [1.29, 1.82) is 0 Å². The number of rotatable bonds is 5. The molecule has 6 heteroatoms. The monoisotopic (exact) mass is 224 g/mol. The third-order valence-corrected chi connectivity index (χ3v) is 1.96. The van der Waals surface area contributed by atoms with Crippen LogP contribution in [0.4, 0.5) is 0 Å². The number of aliphatic imine (C=N–C) groups is 1. The Kier molecular flexibility index (Phi) is 5.35. The van der Waals surface area contributed by atoms with Crippen molar-refractivity contribution in [2.75, 3.05) is 13.1 Å². The summed E-state index contributed by atoms with van der Waals surface area (Å²) in [7, 11) is 0. The Morgan fingerprint density at radius 2 is 2.44 bits per heavy atom. The second-order valence-corrected chi connectivity index (χ2v) is 3.94. The van der Waals surface area contributed by atoms with E-state index in [4.69, 9.17) is 5.84 Å². The van der Waals surface area contributed by atoms with E-state index in [0.717, 1.165) is 25.3 Å². The van der Waals surface area contributed by atoms with Crippen molar-refractivity contribution in [3.8, 4) is 0 Å². The largest absolute Gasteiger partial charge is 0.355 e. The average Bonchev–Trinajstić information content (AvgIpc) is 2.75. The molecule has 1 heterocycles. The maximum absolute atomic E-state index is 5.35. The molecule has 0 aromatic carbocycles. The Morgan fingerprint density at radius 3 is 3.00 bits per heavy atom. The first-order valence-corrected chi connectivity index (χ1v) is 5.45. The molecule has 0 bridgehead atoms. The number of aromatic nitrogens is 2. The van der Waals surface area contributed by atoms with E-state index in [0.29, 0.717) is 11.9 Å². The quantitative estimate of drug-likeness (QED) is 0.245. The zero-order valence-corrected chi connectivity index (χ0v) is 9.83. The molecule has 0 unspecified atom stereocenters. The molecule has 0 saturated heterocycles. The van der Waals surface area contributed by atoms with Crippen molar-refractivity contribution in [3.05, 3.63) is 18.2 Å². The van der Waals surface area contributed by atoms with E-state index in [1.54, 1.807) is 6.20 Å². The highest BCUT2D eigenvalue weighted by molar-refractivity contribution is 5.79.